The Morgan fingerprint density at radius 3 is 1.60 bits per heavy atom. The summed E-state index contributed by atoms with van der Waals surface area (Å²) >= 11 is 0. The van der Waals surface area contributed by atoms with Crippen LogP contribution in [-0.2, 0) is 9.47 Å². The van der Waals surface area contributed by atoms with Gasteiger partial charge in [0.25, 0.3) is 0 Å². The topological polar surface area (TPSA) is 52.8 Å². The van der Waals surface area contributed by atoms with E-state index in [1.807, 2.05) is 50.2 Å². The Kier molecular flexibility index (Phi) is 4.51. The first kappa shape index (κ1) is 16.2. The Labute approximate surface area is 147 Å². The van der Waals surface area contributed by atoms with Gasteiger partial charge in [0, 0.05) is 0 Å². The van der Waals surface area contributed by atoms with Gasteiger partial charge < -0.3 is 23.7 Å². The molecular formula is C20H22O5. The lowest BCUT2D eigenvalue weighted by molar-refractivity contribution is 0.261. The fourth-order valence-corrected chi connectivity index (χ4v) is 2.52. The lowest BCUT2D eigenvalue weighted by atomic mass is 10.2. The molecule has 2 aromatic rings. The summed E-state index contributed by atoms with van der Waals surface area (Å²) in [6.45, 7) is 6.83. The number of ether oxygens (including phenoxy) is 5. The molecule has 0 aromatic heterocycles. The van der Waals surface area contributed by atoms with Crippen LogP contribution in [0, 0.1) is 13.8 Å². The summed E-state index contributed by atoms with van der Waals surface area (Å²) in [5, 5.41) is 0. The zero-order valence-corrected chi connectivity index (χ0v) is 14.5. The molecular weight excluding hydrogens is 320 g/mol. The number of aryl methyl sites for hydroxylation is 2. The lowest BCUT2D eigenvalue weighted by Crippen LogP contribution is -2.05. The molecule has 2 aromatic carbocycles. The Hall–Kier alpha value is -2.24. The van der Waals surface area contributed by atoms with Crippen LogP contribution in [0.2, 0.25) is 0 Å². The van der Waals surface area contributed by atoms with Gasteiger partial charge in [-0.25, -0.2) is 0 Å². The number of hydrogen-bond acceptors (Lipinski definition) is 5. The van der Waals surface area contributed by atoms with E-state index in [4.69, 9.17) is 23.7 Å². The Balaban J connectivity index is 1.38. The van der Waals surface area contributed by atoms with Crippen LogP contribution in [0.1, 0.15) is 11.1 Å². The summed E-state index contributed by atoms with van der Waals surface area (Å²) in [5.74, 6) is 3.30. The minimum atomic E-state index is 0.255. The van der Waals surface area contributed by atoms with Crippen molar-refractivity contribution in [3.05, 3.63) is 47.5 Å². The van der Waals surface area contributed by atoms with Gasteiger partial charge in [-0.05, 0) is 61.4 Å². The van der Waals surface area contributed by atoms with Crippen LogP contribution in [0.5, 0.6) is 23.0 Å². The molecule has 0 aliphatic carbocycles. The quantitative estimate of drug-likeness (QED) is 0.686. The van der Waals surface area contributed by atoms with E-state index in [9.17, 15) is 0 Å². The molecule has 5 nitrogen and oxygen atoms in total. The monoisotopic (exact) mass is 342 g/mol. The van der Waals surface area contributed by atoms with Crippen LogP contribution in [0.3, 0.4) is 0 Å². The van der Waals surface area contributed by atoms with Crippen molar-refractivity contribution >= 4 is 0 Å². The van der Waals surface area contributed by atoms with Crippen molar-refractivity contribution in [2.45, 2.75) is 26.1 Å². The van der Waals surface area contributed by atoms with E-state index in [-0.39, 0.29) is 12.2 Å². The molecule has 0 saturated carbocycles. The van der Waals surface area contributed by atoms with Crippen LogP contribution in [0.25, 0.3) is 0 Å². The van der Waals surface area contributed by atoms with E-state index < -0.39 is 0 Å². The van der Waals surface area contributed by atoms with Crippen molar-refractivity contribution < 1.29 is 23.7 Å². The van der Waals surface area contributed by atoms with E-state index in [1.54, 1.807) is 0 Å². The largest absolute Gasteiger partial charge is 0.491 e. The number of hydrogen-bond donors (Lipinski definition) is 0. The second-order valence-electron chi connectivity index (χ2n) is 6.49. The first-order valence-electron chi connectivity index (χ1n) is 8.55. The predicted molar refractivity (Wildman–Crippen MR) is 92.9 cm³/mol. The van der Waals surface area contributed by atoms with Crippen molar-refractivity contribution in [3.8, 4) is 23.0 Å². The summed E-state index contributed by atoms with van der Waals surface area (Å²) < 4.78 is 27.8. The molecule has 0 amide bonds. The number of benzene rings is 2. The zero-order chi connectivity index (χ0) is 17.2. The maximum Gasteiger partial charge on any atom is 0.127 e. The van der Waals surface area contributed by atoms with Crippen molar-refractivity contribution in [1.29, 1.82) is 0 Å². The third-order valence-electron chi connectivity index (χ3n) is 4.18. The number of rotatable bonds is 8. The van der Waals surface area contributed by atoms with Gasteiger partial charge in [0.1, 0.15) is 48.4 Å². The van der Waals surface area contributed by atoms with Gasteiger partial charge in [0.05, 0.1) is 13.2 Å². The highest BCUT2D eigenvalue weighted by atomic mass is 16.6. The Morgan fingerprint density at radius 1 is 0.800 bits per heavy atom. The molecule has 2 aliphatic rings. The van der Waals surface area contributed by atoms with Gasteiger partial charge in [-0.3, -0.25) is 0 Å². The molecule has 2 saturated heterocycles. The van der Waals surface area contributed by atoms with Crippen molar-refractivity contribution in [1.82, 2.24) is 0 Å². The molecule has 0 spiro atoms. The van der Waals surface area contributed by atoms with Crippen LogP contribution >= 0.6 is 0 Å². The normalized spacial score (nSPS) is 20.9. The first-order chi connectivity index (χ1) is 12.2. The second-order valence-corrected chi connectivity index (χ2v) is 6.49. The van der Waals surface area contributed by atoms with Crippen molar-refractivity contribution in [2.75, 3.05) is 26.4 Å². The number of epoxide rings is 2. The first-order valence-corrected chi connectivity index (χ1v) is 8.55. The zero-order valence-electron chi connectivity index (χ0n) is 14.5. The minimum Gasteiger partial charge on any atom is -0.491 e. The predicted octanol–water partition coefficient (Wildman–Crippen LogP) is 3.65. The lowest BCUT2D eigenvalue weighted by Gasteiger charge is -2.13. The van der Waals surface area contributed by atoms with Gasteiger partial charge in [0.2, 0.25) is 0 Å². The summed E-state index contributed by atoms with van der Waals surface area (Å²) in [5.41, 5.74) is 2.08. The molecule has 0 radical (unpaired) electrons. The van der Waals surface area contributed by atoms with Crippen LogP contribution in [-0.4, -0.2) is 38.6 Å². The third-order valence-corrected chi connectivity index (χ3v) is 4.18. The summed E-state index contributed by atoms with van der Waals surface area (Å²) in [4.78, 5) is 0. The SMILES string of the molecule is Cc1cc(Oc2ccc(OCC3CO3)c(C)c2)ccc1OCC1CO1. The summed E-state index contributed by atoms with van der Waals surface area (Å²) in [6, 6.07) is 11.7. The fourth-order valence-electron chi connectivity index (χ4n) is 2.52. The van der Waals surface area contributed by atoms with E-state index >= 15 is 0 Å². The van der Waals surface area contributed by atoms with Gasteiger partial charge in [-0.15, -0.1) is 0 Å². The third kappa shape index (κ3) is 4.44. The van der Waals surface area contributed by atoms with E-state index in [0.29, 0.717) is 13.2 Å². The van der Waals surface area contributed by atoms with E-state index in [0.717, 1.165) is 47.3 Å². The molecule has 0 N–H and O–H groups in total. The Bertz CT molecular complexity index is 686. The average molecular weight is 342 g/mol. The van der Waals surface area contributed by atoms with Gasteiger partial charge in [-0.2, -0.15) is 0 Å². The molecule has 2 heterocycles. The molecule has 2 fully saturated rings. The smallest absolute Gasteiger partial charge is 0.127 e. The molecule has 2 atom stereocenters. The molecule has 25 heavy (non-hydrogen) atoms. The second kappa shape index (κ2) is 6.94. The van der Waals surface area contributed by atoms with E-state index in [1.165, 1.54) is 0 Å². The average Bonchev–Trinajstić information content (AvgIpc) is 3.48. The van der Waals surface area contributed by atoms with Crippen LogP contribution in [0.4, 0.5) is 0 Å². The van der Waals surface area contributed by atoms with Crippen LogP contribution < -0.4 is 14.2 Å². The van der Waals surface area contributed by atoms with E-state index in [2.05, 4.69) is 0 Å². The highest BCUT2D eigenvalue weighted by molar-refractivity contribution is 5.44. The molecule has 2 aliphatic heterocycles. The highest BCUT2D eigenvalue weighted by Crippen LogP contribution is 2.30. The van der Waals surface area contributed by atoms with Crippen molar-refractivity contribution in [3.63, 3.8) is 0 Å². The van der Waals surface area contributed by atoms with Crippen molar-refractivity contribution in [2.24, 2.45) is 0 Å². The standard InChI is InChI=1S/C20H22O5/c1-13-7-15(3-5-19(13)23-11-17-9-21-17)25-16-4-6-20(14(2)8-16)24-12-18-10-22-18/h3-8,17-18H,9-12H2,1-2H3. The molecule has 132 valence electrons. The minimum absolute atomic E-state index is 0.255. The summed E-state index contributed by atoms with van der Waals surface area (Å²) in [7, 11) is 0. The Morgan fingerprint density at radius 2 is 1.24 bits per heavy atom. The molecule has 0 bridgehead atoms. The molecule has 4 rings (SSSR count). The maximum absolute atomic E-state index is 5.97. The highest BCUT2D eigenvalue weighted by Gasteiger charge is 2.24. The van der Waals surface area contributed by atoms with Gasteiger partial charge >= 0.3 is 0 Å². The maximum atomic E-state index is 5.97. The fraction of sp³-hybridized carbons (Fsp3) is 0.400. The van der Waals surface area contributed by atoms with Gasteiger partial charge in [-0.1, -0.05) is 0 Å². The summed E-state index contributed by atoms with van der Waals surface area (Å²) in [6.07, 6.45) is 0.510. The van der Waals surface area contributed by atoms with Gasteiger partial charge in [0.15, 0.2) is 0 Å². The molecule has 2 unspecified atom stereocenters. The molecule has 5 heteroatoms. The van der Waals surface area contributed by atoms with Crippen LogP contribution in [0.15, 0.2) is 36.4 Å².